The van der Waals surface area contributed by atoms with Crippen molar-refractivity contribution in [2.24, 2.45) is 10.5 Å². The molecule has 1 amide bonds. The summed E-state index contributed by atoms with van der Waals surface area (Å²) >= 11 is 6.78. The van der Waals surface area contributed by atoms with Gasteiger partial charge in [-0.1, -0.05) is 38.8 Å². The summed E-state index contributed by atoms with van der Waals surface area (Å²) in [7, 11) is 0. The van der Waals surface area contributed by atoms with Crippen LogP contribution in [0.15, 0.2) is 22.1 Å². The molecule has 8 heteroatoms. The van der Waals surface area contributed by atoms with Gasteiger partial charge >= 0.3 is 0 Å². The Kier molecular flexibility index (Phi) is 6.41. The van der Waals surface area contributed by atoms with Gasteiger partial charge in [0.1, 0.15) is 5.82 Å². The number of nitrogens with zero attached hydrogens (tertiary/aromatic N) is 3. The molecule has 0 atom stereocenters. The number of thioether (sulfide) groups is 1. The van der Waals surface area contributed by atoms with Crippen LogP contribution < -0.4 is 0 Å². The quantitative estimate of drug-likeness (QED) is 0.311. The summed E-state index contributed by atoms with van der Waals surface area (Å²) in [6, 6.07) is 2.07. The number of hydrogen-bond donors (Lipinski definition) is 0. The maximum Gasteiger partial charge on any atom is 0.252 e. The van der Waals surface area contributed by atoms with E-state index >= 15 is 0 Å². The summed E-state index contributed by atoms with van der Waals surface area (Å²) in [6.07, 6.45) is 1.54. The van der Waals surface area contributed by atoms with Crippen molar-refractivity contribution in [3.05, 3.63) is 39.0 Å². The molecular weight excluding hydrogens is 329 g/mol. The van der Waals surface area contributed by atoms with E-state index in [2.05, 4.69) is 10.0 Å². The second-order valence-electron chi connectivity index (χ2n) is 5.28. The van der Waals surface area contributed by atoms with E-state index in [0.29, 0.717) is 6.42 Å². The van der Waals surface area contributed by atoms with Gasteiger partial charge in [-0.3, -0.25) is 9.59 Å². The van der Waals surface area contributed by atoms with Crippen molar-refractivity contribution in [2.75, 3.05) is 0 Å². The third-order valence-corrected chi connectivity index (χ3v) is 4.74. The summed E-state index contributed by atoms with van der Waals surface area (Å²) in [4.78, 5) is 26.4. The van der Waals surface area contributed by atoms with Crippen LogP contribution in [-0.2, 0) is 4.79 Å². The summed E-state index contributed by atoms with van der Waals surface area (Å²) < 4.78 is 13.7. The Morgan fingerprint density at radius 1 is 1.45 bits per heavy atom. The van der Waals surface area contributed by atoms with E-state index in [9.17, 15) is 14.0 Å². The van der Waals surface area contributed by atoms with Crippen molar-refractivity contribution in [1.29, 1.82) is 0 Å². The topological polar surface area (TPSA) is 82.9 Å². The molecule has 0 heterocycles. The fourth-order valence-corrected chi connectivity index (χ4v) is 3.01. The van der Waals surface area contributed by atoms with Crippen LogP contribution in [0.4, 0.5) is 4.39 Å². The molecule has 0 aromatic heterocycles. The van der Waals surface area contributed by atoms with Crippen LogP contribution in [0.5, 0.6) is 0 Å². The fourth-order valence-electron chi connectivity index (χ4n) is 1.83. The molecule has 22 heavy (non-hydrogen) atoms. The second-order valence-corrected chi connectivity index (χ2v) is 6.70. The third kappa shape index (κ3) is 4.47. The van der Waals surface area contributed by atoms with Gasteiger partial charge in [0.05, 0.1) is 10.6 Å². The molecule has 0 saturated heterocycles. The first-order chi connectivity index (χ1) is 10.2. The van der Waals surface area contributed by atoms with Gasteiger partial charge in [0.15, 0.2) is 5.12 Å². The molecule has 0 radical (unpaired) electrons. The van der Waals surface area contributed by atoms with Gasteiger partial charge < -0.3 is 0 Å². The normalized spacial score (nSPS) is 11.0. The number of amides is 1. The predicted molar refractivity (Wildman–Crippen MR) is 84.4 cm³/mol. The average molecular weight is 344 g/mol. The molecule has 0 aliphatic rings. The van der Waals surface area contributed by atoms with Crippen molar-refractivity contribution in [3.8, 4) is 0 Å². The summed E-state index contributed by atoms with van der Waals surface area (Å²) in [5, 5.41) is 2.74. The Balaban J connectivity index is 3.15. The van der Waals surface area contributed by atoms with Crippen LogP contribution in [0.2, 0.25) is 5.02 Å². The van der Waals surface area contributed by atoms with E-state index in [1.165, 1.54) is 0 Å². The molecule has 5 nitrogen and oxygen atoms in total. The first kappa shape index (κ1) is 18.5. The molecule has 0 N–H and O–H groups in total. The Bertz CT molecular complexity index is 658. The van der Waals surface area contributed by atoms with Gasteiger partial charge in [0.2, 0.25) is 0 Å². The number of hydrogen-bond acceptors (Lipinski definition) is 3. The number of carbonyl (C=O) groups is 2. The first-order valence-electron chi connectivity index (χ1n) is 6.53. The first-order valence-corrected chi connectivity index (χ1v) is 7.73. The van der Waals surface area contributed by atoms with Crippen molar-refractivity contribution < 1.29 is 14.0 Å². The Labute approximate surface area is 136 Å². The molecule has 118 valence electrons. The lowest BCUT2D eigenvalue weighted by molar-refractivity contribution is -0.118. The average Bonchev–Trinajstić information content (AvgIpc) is 2.41. The van der Waals surface area contributed by atoms with E-state index in [1.54, 1.807) is 0 Å². The number of benzene rings is 1. The fraction of sp³-hybridized carbons (Fsp3) is 0.429. The monoisotopic (exact) mass is 343 g/mol. The lowest BCUT2D eigenvalue weighted by atomic mass is 9.90. The molecule has 0 saturated carbocycles. The summed E-state index contributed by atoms with van der Waals surface area (Å²) in [5.74, 6) is -1.95. The zero-order chi connectivity index (χ0) is 16.9. The van der Waals surface area contributed by atoms with Crippen LogP contribution >= 0.6 is 23.4 Å². The van der Waals surface area contributed by atoms with Gasteiger partial charge in [-0.15, -0.1) is 0 Å². The summed E-state index contributed by atoms with van der Waals surface area (Å²) in [5.41, 5.74) is 7.28. The van der Waals surface area contributed by atoms with Gasteiger partial charge in [0, 0.05) is 15.2 Å². The zero-order valence-corrected chi connectivity index (χ0v) is 14.0. The van der Waals surface area contributed by atoms with E-state index in [4.69, 9.17) is 17.1 Å². The van der Waals surface area contributed by atoms with Gasteiger partial charge in [-0.2, -0.15) is 0 Å². The molecule has 1 rings (SSSR count). The maximum absolute atomic E-state index is 13.7. The van der Waals surface area contributed by atoms with Crippen LogP contribution in [0.3, 0.4) is 0 Å². The largest absolute Gasteiger partial charge is 0.287 e. The van der Waals surface area contributed by atoms with E-state index in [1.807, 2.05) is 20.8 Å². The minimum absolute atomic E-state index is 0.0284. The highest BCUT2D eigenvalue weighted by Gasteiger charge is 2.28. The van der Waals surface area contributed by atoms with E-state index in [-0.39, 0.29) is 15.0 Å². The lowest BCUT2D eigenvalue weighted by Gasteiger charge is -2.21. The molecule has 1 aromatic carbocycles. The number of carbonyl (C=O) groups excluding carboxylic acids is 2. The van der Waals surface area contributed by atoms with Crippen molar-refractivity contribution in [2.45, 2.75) is 38.5 Å². The Morgan fingerprint density at radius 2 is 2.09 bits per heavy atom. The van der Waals surface area contributed by atoms with Crippen molar-refractivity contribution in [3.63, 3.8) is 0 Å². The summed E-state index contributed by atoms with van der Waals surface area (Å²) in [6.45, 7) is 5.60. The second kappa shape index (κ2) is 7.63. The third-order valence-electron chi connectivity index (χ3n) is 3.02. The van der Waals surface area contributed by atoms with Crippen LogP contribution in [0, 0.1) is 11.2 Å². The Morgan fingerprint density at radius 3 is 2.64 bits per heavy atom. The molecule has 0 aliphatic carbocycles. The van der Waals surface area contributed by atoms with Crippen LogP contribution in [-0.4, -0.2) is 11.0 Å². The molecule has 0 bridgehead atoms. The smallest absolute Gasteiger partial charge is 0.252 e. The minimum atomic E-state index is -1.06. The Hall–Kier alpha value is -1.56. The zero-order valence-electron chi connectivity index (χ0n) is 12.4. The molecular formula is C14H15ClFN3O2S. The molecule has 1 aromatic rings. The van der Waals surface area contributed by atoms with Crippen LogP contribution in [0.25, 0.3) is 10.4 Å². The highest BCUT2D eigenvalue weighted by molar-refractivity contribution is 8.13. The maximum atomic E-state index is 13.7. The standard InChI is InChI=1S/C14H15ClFN3O2S/c1-4-5-14(2,3)13(21)22-11-6-8(12(20)18-19-17)10(16)7-9(11)15/h6-7H,4-5H2,1-3H3. The highest BCUT2D eigenvalue weighted by Crippen LogP contribution is 2.37. The molecule has 0 aliphatic heterocycles. The minimum Gasteiger partial charge on any atom is -0.287 e. The van der Waals surface area contributed by atoms with Gasteiger partial charge in [-0.25, -0.2) is 4.39 Å². The van der Waals surface area contributed by atoms with Crippen molar-refractivity contribution in [1.82, 2.24) is 0 Å². The van der Waals surface area contributed by atoms with E-state index in [0.717, 1.165) is 30.3 Å². The van der Waals surface area contributed by atoms with Gasteiger partial charge in [0.25, 0.3) is 5.91 Å². The lowest BCUT2D eigenvalue weighted by Crippen LogP contribution is -2.21. The van der Waals surface area contributed by atoms with Gasteiger partial charge in [-0.05, 0) is 41.0 Å². The number of rotatable bonds is 5. The highest BCUT2D eigenvalue weighted by atomic mass is 35.5. The number of azide groups is 1. The van der Waals surface area contributed by atoms with Crippen molar-refractivity contribution >= 4 is 34.4 Å². The molecule has 0 spiro atoms. The molecule has 0 unspecified atom stereocenters. The molecule has 0 fully saturated rings. The SMILES string of the molecule is CCCC(C)(C)C(=O)Sc1cc(C(=O)N=[N+]=[N-])c(F)cc1Cl. The van der Waals surface area contributed by atoms with Crippen LogP contribution in [0.1, 0.15) is 44.0 Å². The number of halogens is 2. The van der Waals surface area contributed by atoms with E-state index < -0.39 is 22.7 Å². The predicted octanol–water partition coefficient (Wildman–Crippen LogP) is 5.37.